The molecule has 6 rings (SSSR count). The lowest BCUT2D eigenvalue weighted by molar-refractivity contribution is -0.130. The molecule has 36 heavy (non-hydrogen) atoms. The Morgan fingerprint density at radius 3 is 2.56 bits per heavy atom. The number of nitrogens with zero attached hydrogens (tertiary/aromatic N) is 5. The van der Waals surface area contributed by atoms with E-state index < -0.39 is 0 Å². The molecule has 2 aliphatic rings. The van der Waals surface area contributed by atoms with Crippen LogP contribution in [0.2, 0.25) is 0 Å². The average molecular weight is 498 g/mol. The van der Waals surface area contributed by atoms with E-state index in [1.165, 1.54) is 30.0 Å². The van der Waals surface area contributed by atoms with Gasteiger partial charge in [0.25, 0.3) is 5.91 Å². The fraction of sp³-hybridized carbons (Fsp3) is 0.286. The van der Waals surface area contributed by atoms with Gasteiger partial charge in [0.15, 0.2) is 5.16 Å². The maximum absolute atomic E-state index is 13.5. The van der Waals surface area contributed by atoms with Crippen molar-refractivity contribution in [1.82, 2.24) is 19.8 Å². The van der Waals surface area contributed by atoms with Crippen molar-refractivity contribution in [2.45, 2.75) is 36.4 Å². The summed E-state index contributed by atoms with van der Waals surface area (Å²) < 4.78 is 7.35. The minimum atomic E-state index is -0.174. The summed E-state index contributed by atoms with van der Waals surface area (Å²) in [6.07, 6.45) is 2.98. The number of hydrazone groups is 1. The largest absolute Gasteiger partial charge is 0.497 e. The molecule has 1 aliphatic heterocycles. The average Bonchev–Trinajstić information content (AvgIpc) is 3.55. The number of benzene rings is 3. The maximum Gasteiger partial charge on any atom is 0.253 e. The number of amides is 1. The van der Waals surface area contributed by atoms with Crippen molar-refractivity contribution in [1.29, 1.82) is 0 Å². The Balaban J connectivity index is 1.27. The minimum Gasteiger partial charge on any atom is -0.497 e. The van der Waals surface area contributed by atoms with Crippen molar-refractivity contribution in [3.05, 3.63) is 83.7 Å². The highest BCUT2D eigenvalue weighted by Gasteiger charge is 2.34. The van der Waals surface area contributed by atoms with Gasteiger partial charge in [0.05, 0.1) is 24.6 Å². The van der Waals surface area contributed by atoms with Crippen LogP contribution in [0.1, 0.15) is 48.2 Å². The molecule has 4 aromatic rings. The van der Waals surface area contributed by atoms with Gasteiger partial charge in [0, 0.05) is 19.4 Å². The van der Waals surface area contributed by atoms with Gasteiger partial charge >= 0.3 is 0 Å². The van der Waals surface area contributed by atoms with Gasteiger partial charge in [-0.15, -0.1) is 10.2 Å². The van der Waals surface area contributed by atoms with Crippen LogP contribution in [-0.2, 0) is 11.8 Å². The Bertz CT molecular complexity index is 1460. The van der Waals surface area contributed by atoms with Gasteiger partial charge in [-0.3, -0.25) is 4.79 Å². The second-order valence-electron chi connectivity index (χ2n) is 9.30. The predicted molar refractivity (Wildman–Crippen MR) is 141 cm³/mol. The maximum atomic E-state index is 13.5. The summed E-state index contributed by atoms with van der Waals surface area (Å²) in [5.41, 5.74) is 2.98. The lowest BCUT2D eigenvalue weighted by atomic mass is 9.97. The van der Waals surface area contributed by atoms with E-state index in [1.807, 2.05) is 48.0 Å². The SMILES string of the molecule is COc1ccc([C@H]2CC(c3ccc4ccccc4c3)=NN2C(=O)CSc2nnc(C3CC3)n2C)cc1. The molecule has 0 N–H and O–H groups in total. The van der Waals surface area contributed by atoms with E-state index in [-0.39, 0.29) is 17.7 Å². The summed E-state index contributed by atoms with van der Waals surface area (Å²) in [6, 6.07) is 22.4. The monoisotopic (exact) mass is 497 g/mol. The second kappa shape index (κ2) is 9.43. The van der Waals surface area contributed by atoms with E-state index in [0.29, 0.717) is 12.3 Å². The summed E-state index contributed by atoms with van der Waals surface area (Å²) >= 11 is 1.42. The number of rotatable bonds is 7. The zero-order chi connectivity index (χ0) is 24.6. The Kier molecular flexibility index (Phi) is 5.97. The molecule has 2 heterocycles. The molecule has 7 nitrogen and oxygen atoms in total. The quantitative estimate of drug-likeness (QED) is 0.323. The van der Waals surface area contributed by atoms with Crippen LogP contribution in [0.4, 0.5) is 0 Å². The van der Waals surface area contributed by atoms with E-state index in [4.69, 9.17) is 9.84 Å². The van der Waals surface area contributed by atoms with Crippen molar-refractivity contribution in [3.8, 4) is 5.75 Å². The van der Waals surface area contributed by atoms with Crippen molar-refractivity contribution < 1.29 is 9.53 Å². The van der Waals surface area contributed by atoms with Crippen LogP contribution in [-0.4, -0.2) is 44.3 Å². The first kappa shape index (κ1) is 22.8. The van der Waals surface area contributed by atoms with Crippen molar-refractivity contribution in [2.24, 2.45) is 12.1 Å². The van der Waals surface area contributed by atoms with Gasteiger partial charge in [-0.2, -0.15) is 5.10 Å². The summed E-state index contributed by atoms with van der Waals surface area (Å²) in [4.78, 5) is 13.5. The Hall–Kier alpha value is -3.65. The van der Waals surface area contributed by atoms with Crippen LogP contribution in [0.5, 0.6) is 5.75 Å². The standard InChI is InChI=1S/C28H27N5O2S/c1-32-27(20-8-9-20)29-30-28(32)36-17-26(34)33-25(19-11-13-23(35-2)14-12-19)16-24(31-33)22-10-7-18-5-3-4-6-21(18)15-22/h3-7,10-15,20,25H,8-9,16-17H2,1-2H3/t25-/m1/s1. The number of fused-ring (bicyclic) bond motifs is 1. The molecule has 1 fully saturated rings. The first-order valence-electron chi connectivity index (χ1n) is 12.2. The Morgan fingerprint density at radius 2 is 1.81 bits per heavy atom. The summed E-state index contributed by atoms with van der Waals surface area (Å²) in [6.45, 7) is 0. The fourth-order valence-electron chi connectivity index (χ4n) is 4.71. The zero-order valence-corrected chi connectivity index (χ0v) is 21.1. The molecule has 0 unspecified atom stereocenters. The number of methoxy groups -OCH3 is 1. The highest BCUT2D eigenvalue weighted by molar-refractivity contribution is 7.99. The molecule has 1 amide bonds. The Labute approximate surface area is 214 Å². The minimum absolute atomic E-state index is 0.0485. The number of carbonyl (C=O) groups is 1. The van der Waals surface area contributed by atoms with Gasteiger partial charge in [-0.05, 0) is 52.9 Å². The van der Waals surface area contributed by atoms with E-state index in [0.717, 1.165) is 39.0 Å². The predicted octanol–water partition coefficient (Wildman–Crippen LogP) is 5.32. The molecule has 0 radical (unpaired) electrons. The fourth-order valence-corrected chi connectivity index (χ4v) is 5.48. The number of hydrogen-bond donors (Lipinski definition) is 0. The molecule has 0 bridgehead atoms. The molecule has 8 heteroatoms. The molecule has 1 aliphatic carbocycles. The van der Waals surface area contributed by atoms with Crippen molar-refractivity contribution >= 4 is 34.2 Å². The first-order valence-corrected chi connectivity index (χ1v) is 13.1. The molecule has 0 saturated heterocycles. The third-order valence-electron chi connectivity index (χ3n) is 6.88. The van der Waals surface area contributed by atoms with Crippen LogP contribution in [0.3, 0.4) is 0 Å². The van der Waals surface area contributed by atoms with Gasteiger partial charge in [0.2, 0.25) is 0 Å². The number of carbonyl (C=O) groups excluding carboxylic acids is 1. The number of aromatic nitrogens is 3. The second-order valence-corrected chi connectivity index (χ2v) is 10.2. The van der Waals surface area contributed by atoms with E-state index in [1.54, 1.807) is 12.1 Å². The van der Waals surface area contributed by atoms with E-state index in [9.17, 15) is 4.79 Å². The van der Waals surface area contributed by atoms with Gasteiger partial charge < -0.3 is 9.30 Å². The highest BCUT2D eigenvalue weighted by atomic mass is 32.2. The normalized spacial score (nSPS) is 17.4. The summed E-state index contributed by atoms with van der Waals surface area (Å²) in [5, 5.41) is 18.3. The molecule has 1 saturated carbocycles. The van der Waals surface area contributed by atoms with Crippen molar-refractivity contribution in [2.75, 3.05) is 12.9 Å². The molecule has 3 aromatic carbocycles. The summed E-state index contributed by atoms with van der Waals surface area (Å²) in [7, 11) is 3.63. The highest BCUT2D eigenvalue weighted by Crippen LogP contribution is 2.40. The molecule has 1 aromatic heterocycles. The van der Waals surface area contributed by atoms with Gasteiger partial charge in [0.1, 0.15) is 11.6 Å². The van der Waals surface area contributed by atoms with Crippen LogP contribution in [0, 0.1) is 0 Å². The van der Waals surface area contributed by atoms with Gasteiger partial charge in [-0.1, -0.05) is 60.3 Å². The van der Waals surface area contributed by atoms with Gasteiger partial charge in [-0.25, -0.2) is 5.01 Å². The summed E-state index contributed by atoms with van der Waals surface area (Å²) in [5.74, 6) is 2.51. The van der Waals surface area contributed by atoms with Crippen LogP contribution >= 0.6 is 11.8 Å². The first-order chi connectivity index (χ1) is 17.6. The molecular formula is C28H27N5O2S. The smallest absolute Gasteiger partial charge is 0.253 e. The zero-order valence-electron chi connectivity index (χ0n) is 20.3. The lowest BCUT2D eigenvalue weighted by Crippen LogP contribution is -2.28. The number of ether oxygens (including phenoxy) is 1. The Morgan fingerprint density at radius 1 is 1.03 bits per heavy atom. The lowest BCUT2D eigenvalue weighted by Gasteiger charge is -2.22. The molecule has 1 atom stereocenters. The van der Waals surface area contributed by atoms with Crippen LogP contribution < -0.4 is 4.74 Å². The third kappa shape index (κ3) is 4.37. The third-order valence-corrected chi connectivity index (χ3v) is 7.89. The molecule has 0 spiro atoms. The number of thioether (sulfide) groups is 1. The van der Waals surface area contributed by atoms with Crippen LogP contribution in [0.25, 0.3) is 10.8 Å². The van der Waals surface area contributed by atoms with E-state index >= 15 is 0 Å². The molecular weight excluding hydrogens is 470 g/mol. The topological polar surface area (TPSA) is 72.6 Å². The number of hydrogen-bond acceptors (Lipinski definition) is 6. The van der Waals surface area contributed by atoms with Crippen molar-refractivity contribution in [3.63, 3.8) is 0 Å². The van der Waals surface area contributed by atoms with E-state index in [2.05, 4.69) is 40.5 Å². The van der Waals surface area contributed by atoms with Crippen LogP contribution in [0.15, 0.2) is 77.0 Å². The molecule has 182 valence electrons.